The second kappa shape index (κ2) is 6.40. The molecule has 1 saturated carbocycles. The molecule has 2 rings (SSSR count). The molecule has 18 heavy (non-hydrogen) atoms. The molecule has 0 radical (unpaired) electrons. The Hall–Kier alpha value is -0.790. The Labute approximate surface area is 111 Å². The zero-order chi connectivity index (χ0) is 13.0. The summed E-state index contributed by atoms with van der Waals surface area (Å²) in [5, 5.41) is 0. The summed E-state index contributed by atoms with van der Waals surface area (Å²) in [5.74, 6) is 1.56. The van der Waals surface area contributed by atoms with E-state index in [2.05, 4.69) is 6.92 Å². The number of carbonyl (C=O) groups excluding carboxylic acids is 1. The molecule has 2 aliphatic rings. The molecule has 2 heteroatoms. The number of esters is 1. The highest BCUT2D eigenvalue weighted by Gasteiger charge is 2.42. The Balaban J connectivity index is 1.88. The maximum Gasteiger partial charge on any atom is 0.333 e. The third-order valence-electron chi connectivity index (χ3n) is 4.33. The standard InChI is InChI=1S/C16H26O2/c1-3-5-6-8-12-11-15(12)13-9-7-10-14(13)16(17)18-4-2/h12,15H,3-11H2,1-2H3/t12-,15-/m1/s1. The van der Waals surface area contributed by atoms with Gasteiger partial charge in [-0.25, -0.2) is 4.79 Å². The van der Waals surface area contributed by atoms with Crippen LogP contribution >= 0.6 is 0 Å². The fraction of sp³-hybridized carbons (Fsp3) is 0.812. The second-order valence-electron chi connectivity index (χ2n) is 5.68. The third-order valence-corrected chi connectivity index (χ3v) is 4.33. The number of hydrogen-bond acceptors (Lipinski definition) is 2. The van der Waals surface area contributed by atoms with Crippen LogP contribution in [0.4, 0.5) is 0 Å². The second-order valence-corrected chi connectivity index (χ2v) is 5.68. The molecule has 0 aliphatic heterocycles. The van der Waals surface area contributed by atoms with E-state index >= 15 is 0 Å². The Morgan fingerprint density at radius 3 is 2.83 bits per heavy atom. The van der Waals surface area contributed by atoms with Crippen molar-refractivity contribution in [1.82, 2.24) is 0 Å². The minimum atomic E-state index is -0.0378. The molecular weight excluding hydrogens is 224 g/mol. The van der Waals surface area contributed by atoms with Gasteiger partial charge < -0.3 is 4.74 Å². The van der Waals surface area contributed by atoms with Gasteiger partial charge in [0.15, 0.2) is 0 Å². The first-order valence-corrected chi connectivity index (χ1v) is 7.66. The lowest BCUT2D eigenvalue weighted by atomic mass is 10.0. The van der Waals surface area contributed by atoms with Crippen molar-refractivity contribution in [1.29, 1.82) is 0 Å². The van der Waals surface area contributed by atoms with E-state index in [0.717, 1.165) is 36.7 Å². The Kier molecular flexibility index (Phi) is 4.85. The SMILES string of the molecule is CCCCC[C@@H]1C[C@H]1C1=C(C(=O)OCC)CCC1. The number of carbonyl (C=O) groups is 1. The largest absolute Gasteiger partial charge is 0.463 e. The van der Waals surface area contributed by atoms with E-state index in [1.165, 1.54) is 37.7 Å². The molecule has 0 aromatic rings. The fourth-order valence-corrected chi connectivity index (χ4v) is 3.28. The quantitative estimate of drug-likeness (QED) is 0.499. The summed E-state index contributed by atoms with van der Waals surface area (Å²) in [7, 11) is 0. The van der Waals surface area contributed by atoms with E-state index in [-0.39, 0.29) is 5.97 Å². The highest BCUT2D eigenvalue weighted by Crippen LogP contribution is 2.52. The number of ether oxygens (including phenoxy) is 1. The van der Waals surface area contributed by atoms with Crippen LogP contribution in [-0.4, -0.2) is 12.6 Å². The number of rotatable bonds is 7. The van der Waals surface area contributed by atoms with Crippen molar-refractivity contribution in [2.75, 3.05) is 6.61 Å². The number of allylic oxidation sites excluding steroid dienone is 1. The van der Waals surface area contributed by atoms with E-state index in [9.17, 15) is 4.79 Å². The number of unbranched alkanes of at least 4 members (excludes halogenated alkanes) is 2. The fourth-order valence-electron chi connectivity index (χ4n) is 3.28. The molecule has 0 amide bonds. The van der Waals surface area contributed by atoms with Crippen molar-refractivity contribution in [2.24, 2.45) is 11.8 Å². The van der Waals surface area contributed by atoms with Gasteiger partial charge in [-0.15, -0.1) is 0 Å². The van der Waals surface area contributed by atoms with Gasteiger partial charge in [0.05, 0.1) is 6.61 Å². The van der Waals surface area contributed by atoms with Crippen LogP contribution in [0.15, 0.2) is 11.1 Å². The lowest BCUT2D eigenvalue weighted by Crippen LogP contribution is -2.08. The van der Waals surface area contributed by atoms with Crippen LogP contribution in [0.1, 0.15) is 65.2 Å². The molecule has 2 aliphatic carbocycles. The normalized spacial score (nSPS) is 26.6. The summed E-state index contributed by atoms with van der Waals surface area (Å²) >= 11 is 0. The van der Waals surface area contributed by atoms with Gasteiger partial charge in [0.1, 0.15) is 0 Å². The lowest BCUT2D eigenvalue weighted by molar-refractivity contribution is -0.138. The van der Waals surface area contributed by atoms with Gasteiger partial charge in [0, 0.05) is 5.57 Å². The van der Waals surface area contributed by atoms with Crippen molar-refractivity contribution in [3.05, 3.63) is 11.1 Å². The number of hydrogen-bond donors (Lipinski definition) is 0. The summed E-state index contributed by atoms with van der Waals surface area (Å²) in [6, 6.07) is 0. The molecule has 0 aromatic carbocycles. The van der Waals surface area contributed by atoms with Gasteiger partial charge in [-0.2, -0.15) is 0 Å². The first-order valence-electron chi connectivity index (χ1n) is 7.66. The van der Waals surface area contributed by atoms with Crippen molar-refractivity contribution >= 4 is 5.97 Å². The molecule has 1 fully saturated rings. The topological polar surface area (TPSA) is 26.3 Å². The maximum absolute atomic E-state index is 11.9. The molecule has 0 N–H and O–H groups in total. The van der Waals surface area contributed by atoms with Gasteiger partial charge in [-0.05, 0) is 50.9 Å². The molecule has 0 spiro atoms. The molecule has 2 nitrogen and oxygen atoms in total. The zero-order valence-corrected chi connectivity index (χ0v) is 11.8. The summed E-state index contributed by atoms with van der Waals surface area (Å²) in [6.45, 7) is 4.64. The first kappa shape index (κ1) is 13.6. The van der Waals surface area contributed by atoms with Gasteiger partial charge >= 0.3 is 5.97 Å². The molecule has 2 atom stereocenters. The van der Waals surface area contributed by atoms with Crippen molar-refractivity contribution < 1.29 is 9.53 Å². The van der Waals surface area contributed by atoms with Crippen LogP contribution in [0.5, 0.6) is 0 Å². The van der Waals surface area contributed by atoms with Gasteiger partial charge in [-0.3, -0.25) is 0 Å². The summed E-state index contributed by atoms with van der Waals surface area (Å²) in [4.78, 5) is 11.9. The highest BCUT2D eigenvalue weighted by atomic mass is 16.5. The van der Waals surface area contributed by atoms with Gasteiger partial charge in [-0.1, -0.05) is 31.8 Å². The maximum atomic E-state index is 11.9. The van der Waals surface area contributed by atoms with Gasteiger partial charge in [0.25, 0.3) is 0 Å². The van der Waals surface area contributed by atoms with E-state index in [1.54, 1.807) is 0 Å². The smallest absolute Gasteiger partial charge is 0.333 e. The predicted molar refractivity (Wildman–Crippen MR) is 73.2 cm³/mol. The van der Waals surface area contributed by atoms with E-state index in [4.69, 9.17) is 4.74 Å². The van der Waals surface area contributed by atoms with E-state index in [0.29, 0.717) is 6.61 Å². The first-order chi connectivity index (χ1) is 8.77. The van der Waals surface area contributed by atoms with E-state index in [1.807, 2.05) is 6.92 Å². The minimum Gasteiger partial charge on any atom is -0.463 e. The molecule has 0 saturated heterocycles. The van der Waals surface area contributed by atoms with Crippen LogP contribution < -0.4 is 0 Å². The average Bonchev–Trinajstić information content (AvgIpc) is 2.95. The monoisotopic (exact) mass is 250 g/mol. The minimum absolute atomic E-state index is 0.0378. The summed E-state index contributed by atoms with van der Waals surface area (Å²) in [6.07, 6.45) is 9.94. The van der Waals surface area contributed by atoms with Crippen LogP contribution in [0, 0.1) is 11.8 Å². The van der Waals surface area contributed by atoms with Crippen LogP contribution in [0.2, 0.25) is 0 Å². The Morgan fingerprint density at radius 2 is 2.11 bits per heavy atom. The molecule has 0 aromatic heterocycles. The van der Waals surface area contributed by atoms with E-state index < -0.39 is 0 Å². The Bertz CT molecular complexity index is 330. The van der Waals surface area contributed by atoms with Crippen molar-refractivity contribution in [3.63, 3.8) is 0 Å². The van der Waals surface area contributed by atoms with Gasteiger partial charge in [0.2, 0.25) is 0 Å². The highest BCUT2D eigenvalue weighted by molar-refractivity contribution is 5.90. The molecule has 102 valence electrons. The molecule has 0 heterocycles. The molecular formula is C16H26O2. The van der Waals surface area contributed by atoms with Crippen molar-refractivity contribution in [3.8, 4) is 0 Å². The van der Waals surface area contributed by atoms with Crippen LogP contribution in [0.3, 0.4) is 0 Å². The molecule has 0 bridgehead atoms. The van der Waals surface area contributed by atoms with Crippen LogP contribution in [-0.2, 0) is 9.53 Å². The molecule has 0 unspecified atom stereocenters. The van der Waals surface area contributed by atoms with Crippen molar-refractivity contribution in [2.45, 2.75) is 65.2 Å². The van der Waals surface area contributed by atoms with Crippen LogP contribution in [0.25, 0.3) is 0 Å². The predicted octanol–water partition coefficient (Wildman–Crippen LogP) is 4.25. The summed E-state index contributed by atoms with van der Waals surface area (Å²) < 4.78 is 5.17. The summed E-state index contributed by atoms with van der Waals surface area (Å²) in [5.41, 5.74) is 2.48. The lowest BCUT2D eigenvalue weighted by Gasteiger charge is -2.07. The third kappa shape index (κ3) is 3.15. The zero-order valence-electron chi connectivity index (χ0n) is 11.8. The average molecular weight is 250 g/mol. The Morgan fingerprint density at radius 1 is 1.28 bits per heavy atom.